The molecule has 0 amide bonds. The Kier molecular flexibility index (Phi) is 4.55. The first-order valence-corrected chi connectivity index (χ1v) is 8.58. The molecule has 4 heteroatoms. The Labute approximate surface area is 127 Å². The molecule has 1 saturated carbocycles. The Balaban J connectivity index is 1.92. The fourth-order valence-electron chi connectivity index (χ4n) is 2.80. The third-order valence-electron chi connectivity index (χ3n) is 3.80. The van der Waals surface area contributed by atoms with Gasteiger partial charge in [0.1, 0.15) is 10.0 Å². The number of nitrogens with one attached hydrogen (secondary N) is 1. The molecule has 1 aromatic rings. The van der Waals surface area contributed by atoms with Crippen LogP contribution in [0.25, 0.3) is 0 Å². The third-order valence-corrected chi connectivity index (χ3v) is 5.31. The molecular weight excluding hydrogens is 266 g/mol. The largest absolute Gasteiger partial charge is 0.309 e. The van der Waals surface area contributed by atoms with E-state index in [2.05, 4.69) is 57.1 Å². The lowest BCUT2D eigenvalue weighted by atomic mass is 9.85. The Morgan fingerprint density at radius 3 is 2.00 bits per heavy atom. The number of nitrogens with zero attached hydrogens (tertiary/aromatic N) is 2. The van der Waals surface area contributed by atoms with Gasteiger partial charge in [-0.05, 0) is 46.5 Å². The Bertz CT molecular complexity index is 431. The molecular formula is C16H29N3S. The first kappa shape index (κ1) is 15.9. The van der Waals surface area contributed by atoms with Crippen LogP contribution in [0.4, 0.5) is 0 Å². The van der Waals surface area contributed by atoms with Crippen molar-refractivity contribution in [2.75, 3.05) is 0 Å². The van der Waals surface area contributed by atoms with Crippen LogP contribution in [0.2, 0.25) is 0 Å². The number of rotatable bonds is 2. The topological polar surface area (TPSA) is 37.8 Å². The fourth-order valence-corrected chi connectivity index (χ4v) is 3.87. The second-order valence-corrected chi connectivity index (χ2v) is 9.15. The van der Waals surface area contributed by atoms with Gasteiger partial charge in [0.05, 0.1) is 0 Å². The average molecular weight is 295 g/mol. The Morgan fingerprint density at radius 1 is 0.950 bits per heavy atom. The monoisotopic (exact) mass is 295 g/mol. The maximum atomic E-state index is 4.45. The van der Waals surface area contributed by atoms with Crippen LogP contribution in [0, 0.1) is 0 Å². The minimum atomic E-state index is 0.126. The highest BCUT2D eigenvalue weighted by Crippen LogP contribution is 2.37. The summed E-state index contributed by atoms with van der Waals surface area (Å²) in [5, 5.41) is 15.0. The summed E-state index contributed by atoms with van der Waals surface area (Å²) in [4.78, 5) is 0. The van der Waals surface area contributed by atoms with Gasteiger partial charge in [0.2, 0.25) is 0 Å². The van der Waals surface area contributed by atoms with E-state index in [4.69, 9.17) is 0 Å². The molecule has 1 fully saturated rings. The summed E-state index contributed by atoms with van der Waals surface area (Å²) < 4.78 is 0. The molecule has 2 rings (SSSR count). The minimum Gasteiger partial charge on any atom is -0.309 e. The van der Waals surface area contributed by atoms with Crippen LogP contribution in [0.3, 0.4) is 0 Å². The minimum absolute atomic E-state index is 0.126. The Morgan fingerprint density at radius 2 is 1.55 bits per heavy atom. The quantitative estimate of drug-likeness (QED) is 0.886. The number of aromatic nitrogens is 2. The lowest BCUT2D eigenvalue weighted by molar-refractivity contribution is 0.279. The highest BCUT2D eigenvalue weighted by molar-refractivity contribution is 7.11. The maximum Gasteiger partial charge on any atom is 0.122 e. The van der Waals surface area contributed by atoms with Crippen LogP contribution in [0.15, 0.2) is 0 Å². The molecule has 0 aromatic carbocycles. The van der Waals surface area contributed by atoms with E-state index < -0.39 is 0 Å². The van der Waals surface area contributed by atoms with Gasteiger partial charge in [-0.25, -0.2) is 0 Å². The van der Waals surface area contributed by atoms with Gasteiger partial charge in [-0.1, -0.05) is 20.8 Å². The zero-order valence-corrected chi connectivity index (χ0v) is 14.6. The zero-order valence-electron chi connectivity index (χ0n) is 13.8. The van der Waals surface area contributed by atoms with Crippen molar-refractivity contribution in [1.82, 2.24) is 15.5 Å². The second-order valence-electron chi connectivity index (χ2n) is 8.14. The predicted octanol–water partition coefficient (Wildman–Crippen LogP) is 4.25. The van der Waals surface area contributed by atoms with Crippen molar-refractivity contribution in [2.45, 2.75) is 90.1 Å². The van der Waals surface area contributed by atoms with Crippen molar-refractivity contribution in [3.05, 3.63) is 10.0 Å². The molecule has 0 spiro atoms. The molecule has 0 bridgehead atoms. The van der Waals surface area contributed by atoms with Gasteiger partial charge in [-0.3, -0.25) is 0 Å². The molecule has 1 heterocycles. The van der Waals surface area contributed by atoms with Gasteiger partial charge < -0.3 is 5.32 Å². The molecule has 0 radical (unpaired) electrons. The summed E-state index contributed by atoms with van der Waals surface area (Å²) in [5.74, 6) is 0.626. The maximum absolute atomic E-state index is 4.45. The average Bonchev–Trinajstić information content (AvgIpc) is 2.76. The summed E-state index contributed by atoms with van der Waals surface area (Å²) in [6, 6.07) is 0.668. The van der Waals surface area contributed by atoms with Crippen LogP contribution < -0.4 is 5.32 Å². The fraction of sp³-hybridized carbons (Fsp3) is 0.875. The normalized spacial score (nSPS) is 24.9. The van der Waals surface area contributed by atoms with E-state index in [0.29, 0.717) is 12.0 Å². The summed E-state index contributed by atoms with van der Waals surface area (Å²) in [7, 11) is 0. The summed E-state index contributed by atoms with van der Waals surface area (Å²) in [5.41, 5.74) is 0.348. The standard InChI is InChI=1S/C16H29N3S/c1-15(2,3)14-19-18-13(20-14)11-7-9-12(10-8-11)17-16(4,5)6/h11-12,17H,7-10H2,1-6H3. The van der Waals surface area contributed by atoms with E-state index in [9.17, 15) is 0 Å². The van der Waals surface area contributed by atoms with E-state index in [1.54, 1.807) is 0 Å². The lowest BCUT2D eigenvalue weighted by Crippen LogP contribution is -2.45. The molecule has 114 valence electrons. The van der Waals surface area contributed by atoms with Crippen LogP contribution in [0.1, 0.15) is 83.2 Å². The van der Waals surface area contributed by atoms with E-state index in [1.807, 2.05) is 11.3 Å². The van der Waals surface area contributed by atoms with E-state index in [1.165, 1.54) is 35.7 Å². The van der Waals surface area contributed by atoms with Gasteiger partial charge in [-0.2, -0.15) is 0 Å². The van der Waals surface area contributed by atoms with Crippen molar-refractivity contribution in [3.63, 3.8) is 0 Å². The van der Waals surface area contributed by atoms with E-state index >= 15 is 0 Å². The summed E-state index contributed by atoms with van der Waals surface area (Å²) >= 11 is 1.82. The SMILES string of the molecule is CC(C)(C)NC1CCC(c2nnc(C(C)(C)C)s2)CC1. The predicted molar refractivity (Wildman–Crippen MR) is 86.5 cm³/mol. The van der Waals surface area contributed by atoms with Crippen molar-refractivity contribution < 1.29 is 0 Å². The Hall–Kier alpha value is -0.480. The van der Waals surface area contributed by atoms with Gasteiger partial charge >= 0.3 is 0 Å². The molecule has 0 saturated heterocycles. The van der Waals surface area contributed by atoms with Gasteiger partial charge in [0.25, 0.3) is 0 Å². The molecule has 20 heavy (non-hydrogen) atoms. The van der Waals surface area contributed by atoms with Crippen LogP contribution in [-0.2, 0) is 5.41 Å². The lowest BCUT2D eigenvalue weighted by Gasteiger charge is -2.33. The second kappa shape index (κ2) is 5.72. The highest BCUT2D eigenvalue weighted by atomic mass is 32.1. The van der Waals surface area contributed by atoms with Crippen LogP contribution in [0.5, 0.6) is 0 Å². The van der Waals surface area contributed by atoms with Crippen molar-refractivity contribution >= 4 is 11.3 Å². The molecule has 1 aliphatic rings. The van der Waals surface area contributed by atoms with Crippen molar-refractivity contribution in [2.24, 2.45) is 0 Å². The van der Waals surface area contributed by atoms with Gasteiger partial charge in [-0.15, -0.1) is 21.5 Å². The summed E-state index contributed by atoms with van der Waals surface area (Å²) in [6.45, 7) is 13.4. The molecule has 3 nitrogen and oxygen atoms in total. The highest BCUT2D eigenvalue weighted by Gasteiger charge is 2.28. The molecule has 1 N–H and O–H groups in total. The first-order chi connectivity index (χ1) is 9.15. The third kappa shape index (κ3) is 4.26. The van der Waals surface area contributed by atoms with Crippen LogP contribution in [-0.4, -0.2) is 21.8 Å². The van der Waals surface area contributed by atoms with Crippen molar-refractivity contribution in [3.8, 4) is 0 Å². The first-order valence-electron chi connectivity index (χ1n) is 7.77. The van der Waals surface area contributed by atoms with Gasteiger partial charge in [0.15, 0.2) is 0 Å². The van der Waals surface area contributed by atoms with E-state index in [-0.39, 0.29) is 11.0 Å². The van der Waals surface area contributed by atoms with Crippen LogP contribution >= 0.6 is 11.3 Å². The molecule has 0 atom stereocenters. The van der Waals surface area contributed by atoms with Gasteiger partial charge in [0, 0.05) is 22.9 Å². The summed E-state index contributed by atoms with van der Waals surface area (Å²) in [6.07, 6.45) is 5.00. The number of hydrogen-bond donors (Lipinski definition) is 1. The van der Waals surface area contributed by atoms with Crippen molar-refractivity contribution in [1.29, 1.82) is 0 Å². The molecule has 0 aliphatic heterocycles. The number of hydrogen-bond acceptors (Lipinski definition) is 4. The molecule has 1 aromatic heterocycles. The smallest absolute Gasteiger partial charge is 0.122 e. The zero-order chi connectivity index (χ0) is 15.0. The molecule has 0 unspecified atom stereocenters. The van der Waals surface area contributed by atoms with E-state index in [0.717, 1.165) is 0 Å². The molecule has 1 aliphatic carbocycles.